The molecule has 216 valence electrons. The van der Waals surface area contributed by atoms with Gasteiger partial charge in [-0.1, -0.05) is 31.0 Å². The van der Waals surface area contributed by atoms with Crippen LogP contribution in [0.1, 0.15) is 58.2 Å². The largest absolute Gasteiger partial charge is 0.463 e. The van der Waals surface area contributed by atoms with Crippen LogP contribution in [0.2, 0.25) is 5.28 Å². The highest BCUT2D eigenvalue weighted by Gasteiger charge is 2.51. The number of benzene rings is 1. The van der Waals surface area contributed by atoms with Crippen molar-refractivity contribution >= 4 is 52.2 Å². The molecule has 2 aliphatic heterocycles. The second kappa shape index (κ2) is 10.6. The van der Waals surface area contributed by atoms with Crippen LogP contribution < -0.4 is 4.90 Å². The molecular formula is C28H30ClN5O7. The number of nitrogens with zero attached hydrogens (tertiary/aromatic N) is 5. The summed E-state index contributed by atoms with van der Waals surface area (Å²) in [6, 6.07) is 8.35. The van der Waals surface area contributed by atoms with Crippen molar-refractivity contribution in [2.45, 2.75) is 76.4 Å². The van der Waals surface area contributed by atoms with E-state index in [0.29, 0.717) is 17.0 Å². The van der Waals surface area contributed by atoms with Gasteiger partial charge in [-0.2, -0.15) is 9.97 Å². The van der Waals surface area contributed by atoms with Crippen LogP contribution in [0.3, 0.4) is 0 Å². The van der Waals surface area contributed by atoms with Crippen molar-refractivity contribution in [3.05, 3.63) is 41.4 Å². The van der Waals surface area contributed by atoms with Gasteiger partial charge in [0.15, 0.2) is 35.4 Å². The maximum atomic E-state index is 12.1. The molecule has 41 heavy (non-hydrogen) atoms. The number of hydrogen-bond acceptors (Lipinski definition) is 11. The molecule has 3 aromatic rings. The number of ether oxygens (including phenoxy) is 4. The summed E-state index contributed by atoms with van der Waals surface area (Å²) >= 11 is 6.50. The molecule has 0 radical (unpaired) electrons. The molecule has 6 rings (SSSR count). The van der Waals surface area contributed by atoms with Crippen molar-refractivity contribution in [1.29, 1.82) is 0 Å². The third-order valence-electron chi connectivity index (χ3n) is 8.03. The molecule has 1 unspecified atom stereocenters. The Morgan fingerprint density at radius 3 is 2.44 bits per heavy atom. The lowest BCUT2D eigenvalue weighted by molar-refractivity contribution is -0.166. The van der Waals surface area contributed by atoms with Crippen molar-refractivity contribution < 1.29 is 33.3 Å². The molecule has 2 fully saturated rings. The quantitative estimate of drug-likeness (QED) is 0.238. The van der Waals surface area contributed by atoms with Gasteiger partial charge < -0.3 is 23.8 Å². The second-order valence-corrected chi connectivity index (χ2v) is 11.1. The molecule has 3 aliphatic rings. The van der Waals surface area contributed by atoms with Crippen molar-refractivity contribution in [1.82, 2.24) is 19.5 Å². The standard InChI is InChI=1S/C28H30ClN5O7/c1-15(35)38-12-20-22(39-16(2)36)23(40-17(3)37)26(41-20)34-14-30-21-24(31-27(29)32-25(21)34)33-13-28(10-6-7-11-28)18-8-4-5-9-19(18)33/h4-5,8-9,14,20,22-23,26H,6-7,10-13H2,1-3H3/t20-,22+,23?,26-/m1/s1. The van der Waals surface area contributed by atoms with E-state index in [1.165, 1.54) is 45.5 Å². The van der Waals surface area contributed by atoms with E-state index in [4.69, 9.17) is 30.5 Å². The molecule has 1 saturated heterocycles. The average Bonchev–Trinajstić information content (AvgIpc) is 3.69. The number of carbonyl (C=O) groups excluding carboxylic acids is 3. The Labute approximate surface area is 240 Å². The Hall–Kier alpha value is -3.77. The molecule has 4 heterocycles. The van der Waals surface area contributed by atoms with Crippen LogP contribution in [0.25, 0.3) is 11.2 Å². The van der Waals surface area contributed by atoms with Gasteiger partial charge in [0.25, 0.3) is 0 Å². The number of fused-ring (bicyclic) bond motifs is 3. The highest BCUT2D eigenvalue weighted by molar-refractivity contribution is 6.28. The number of para-hydroxylation sites is 1. The third kappa shape index (κ3) is 4.88. The van der Waals surface area contributed by atoms with Crippen LogP contribution in [0.5, 0.6) is 0 Å². The average molecular weight is 584 g/mol. The first-order valence-corrected chi connectivity index (χ1v) is 13.9. The maximum absolute atomic E-state index is 12.1. The number of halogens is 1. The van der Waals surface area contributed by atoms with E-state index in [1.54, 1.807) is 4.57 Å². The van der Waals surface area contributed by atoms with Crippen molar-refractivity contribution in [3.63, 3.8) is 0 Å². The summed E-state index contributed by atoms with van der Waals surface area (Å²) in [5.41, 5.74) is 3.23. The monoisotopic (exact) mass is 583 g/mol. The topological polar surface area (TPSA) is 135 Å². The van der Waals surface area contributed by atoms with Gasteiger partial charge in [-0.3, -0.25) is 19.0 Å². The predicted octanol–water partition coefficient (Wildman–Crippen LogP) is 3.77. The Morgan fingerprint density at radius 2 is 1.73 bits per heavy atom. The van der Waals surface area contributed by atoms with Crippen LogP contribution in [-0.2, 0) is 38.7 Å². The molecular weight excluding hydrogens is 554 g/mol. The summed E-state index contributed by atoms with van der Waals surface area (Å²) < 4.78 is 24.0. The molecule has 12 nitrogen and oxygen atoms in total. The normalized spacial score (nSPS) is 24.5. The second-order valence-electron chi connectivity index (χ2n) is 10.7. The van der Waals surface area contributed by atoms with Crippen LogP contribution in [0.4, 0.5) is 11.5 Å². The van der Waals surface area contributed by atoms with Gasteiger partial charge in [0.2, 0.25) is 5.28 Å². The first-order chi connectivity index (χ1) is 19.7. The summed E-state index contributed by atoms with van der Waals surface area (Å²) in [5, 5.41) is 0.00846. The number of imidazole rings is 1. The summed E-state index contributed by atoms with van der Waals surface area (Å²) in [7, 11) is 0. The van der Waals surface area contributed by atoms with E-state index in [2.05, 4.69) is 38.1 Å². The Morgan fingerprint density at radius 1 is 1.02 bits per heavy atom. The Kier molecular flexibility index (Phi) is 7.06. The molecule has 13 heteroatoms. The lowest BCUT2D eigenvalue weighted by Crippen LogP contribution is -2.40. The molecule has 1 aromatic carbocycles. The minimum absolute atomic E-state index is 0.00846. The number of carbonyl (C=O) groups is 3. The Balaban J connectivity index is 1.43. The van der Waals surface area contributed by atoms with Gasteiger partial charge in [0.1, 0.15) is 12.7 Å². The first kappa shape index (κ1) is 27.4. The van der Waals surface area contributed by atoms with E-state index >= 15 is 0 Å². The van der Waals surface area contributed by atoms with Crippen LogP contribution in [0, 0.1) is 0 Å². The maximum Gasteiger partial charge on any atom is 0.303 e. The molecule has 0 bridgehead atoms. The highest BCUT2D eigenvalue weighted by Crippen LogP contribution is 2.53. The van der Waals surface area contributed by atoms with E-state index in [9.17, 15) is 14.4 Å². The Bertz CT molecular complexity index is 1520. The zero-order valence-electron chi connectivity index (χ0n) is 22.9. The van der Waals surface area contributed by atoms with Crippen LogP contribution >= 0.6 is 11.6 Å². The zero-order chi connectivity index (χ0) is 28.9. The van der Waals surface area contributed by atoms with Crippen molar-refractivity contribution in [2.75, 3.05) is 18.1 Å². The van der Waals surface area contributed by atoms with Gasteiger partial charge in [-0.15, -0.1) is 0 Å². The van der Waals surface area contributed by atoms with E-state index in [0.717, 1.165) is 25.1 Å². The van der Waals surface area contributed by atoms with Gasteiger partial charge >= 0.3 is 17.9 Å². The minimum atomic E-state index is -1.08. The van der Waals surface area contributed by atoms with E-state index in [-0.39, 0.29) is 17.3 Å². The van der Waals surface area contributed by atoms with E-state index < -0.39 is 42.4 Å². The molecule has 1 aliphatic carbocycles. The number of anilines is 2. The summed E-state index contributed by atoms with van der Waals surface area (Å²) in [4.78, 5) is 51.5. The van der Waals surface area contributed by atoms with Crippen molar-refractivity contribution in [3.8, 4) is 0 Å². The van der Waals surface area contributed by atoms with Crippen molar-refractivity contribution in [2.24, 2.45) is 0 Å². The fourth-order valence-electron chi connectivity index (χ4n) is 6.47. The fourth-order valence-corrected chi connectivity index (χ4v) is 6.63. The lowest BCUT2D eigenvalue weighted by atomic mass is 9.81. The molecule has 2 aromatic heterocycles. The molecule has 1 spiro atoms. The van der Waals surface area contributed by atoms with Crippen LogP contribution in [0.15, 0.2) is 30.6 Å². The minimum Gasteiger partial charge on any atom is -0.463 e. The molecule has 0 amide bonds. The summed E-state index contributed by atoms with van der Waals surface area (Å²) in [6.45, 7) is 4.26. The molecule has 0 N–H and O–H groups in total. The zero-order valence-corrected chi connectivity index (χ0v) is 23.7. The molecule has 1 saturated carbocycles. The predicted molar refractivity (Wildman–Crippen MR) is 146 cm³/mol. The SMILES string of the molecule is CC(=O)OC[C@H]1O[C@@H](n2cnc3c(N4CC5(CCCC5)c5ccccc54)nc(Cl)nc32)C(OC(C)=O)[C@H]1OC(C)=O. The number of esters is 3. The molecule has 4 atom stereocenters. The smallest absolute Gasteiger partial charge is 0.303 e. The van der Waals surface area contributed by atoms with Gasteiger partial charge in [-0.25, -0.2) is 4.98 Å². The third-order valence-corrected chi connectivity index (χ3v) is 8.20. The summed E-state index contributed by atoms with van der Waals surface area (Å²) in [6.07, 6.45) is 1.97. The lowest BCUT2D eigenvalue weighted by Gasteiger charge is -2.25. The fraction of sp³-hybridized carbons (Fsp3) is 0.500. The van der Waals surface area contributed by atoms with E-state index in [1.807, 2.05) is 6.07 Å². The van der Waals surface area contributed by atoms with Gasteiger partial charge in [0, 0.05) is 38.4 Å². The highest BCUT2D eigenvalue weighted by atomic mass is 35.5. The number of hydrogen-bond donors (Lipinski definition) is 0. The number of aromatic nitrogens is 4. The number of rotatable bonds is 6. The first-order valence-electron chi connectivity index (χ1n) is 13.6. The van der Waals surface area contributed by atoms with Gasteiger partial charge in [-0.05, 0) is 36.1 Å². The summed E-state index contributed by atoms with van der Waals surface area (Å²) in [5.74, 6) is -1.20. The van der Waals surface area contributed by atoms with Gasteiger partial charge in [0.05, 0.1) is 6.33 Å². The van der Waals surface area contributed by atoms with Crippen LogP contribution in [-0.4, -0.2) is 68.9 Å².